The van der Waals surface area contributed by atoms with Gasteiger partial charge in [-0.3, -0.25) is 0 Å². The molecule has 1 nitrogen and oxygen atoms in total. The SMILES string of the molecule is Cc1ccc(N2CC(C)C(C(C)(C)C)C2)cc1. The van der Waals surface area contributed by atoms with Crippen LogP contribution in [0.25, 0.3) is 0 Å². The van der Waals surface area contributed by atoms with Gasteiger partial charge in [0, 0.05) is 18.8 Å². The monoisotopic (exact) mass is 231 g/mol. The molecule has 1 saturated heterocycles. The van der Waals surface area contributed by atoms with Crippen LogP contribution in [0.3, 0.4) is 0 Å². The zero-order valence-corrected chi connectivity index (χ0v) is 11.8. The highest BCUT2D eigenvalue weighted by molar-refractivity contribution is 5.48. The van der Waals surface area contributed by atoms with Crippen molar-refractivity contribution < 1.29 is 0 Å². The number of hydrogen-bond donors (Lipinski definition) is 0. The van der Waals surface area contributed by atoms with Gasteiger partial charge in [0.25, 0.3) is 0 Å². The summed E-state index contributed by atoms with van der Waals surface area (Å²) in [5.74, 6) is 1.58. The highest BCUT2D eigenvalue weighted by Crippen LogP contribution is 2.39. The second-order valence-electron chi connectivity index (χ2n) is 6.69. The van der Waals surface area contributed by atoms with Crippen LogP contribution in [0, 0.1) is 24.2 Å². The molecule has 1 aliphatic rings. The van der Waals surface area contributed by atoms with E-state index in [4.69, 9.17) is 0 Å². The van der Waals surface area contributed by atoms with E-state index >= 15 is 0 Å². The lowest BCUT2D eigenvalue weighted by atomic mass is 9.76. The third-order valence-corrected chi connectivity index (χ3v) is 4.12. The molecule has 0 saturated carbocycles. The van der Waals surface area contributed by atoms with Gasteiger partial charge in [-0.25, -0.2) is 0 Å². The van der Waals surface area contributed by atoms with E-state index in [1.807, 2.05) is 0 Å². The van der Waals surface area contributed by atoms with Gasteiger partial charge in [0.1, 0.15) is 0 Å². The van der Waals surface area contributed by atoms with E-state index in [0.717, 1.165) is 11.8 Å². The van der Waals surface area contributed by atoms with Gasteiger partial charge in [0.15, 0.2) is 0 Å². The first-order valence-corrected chi connectivity index (χ1v) is 6.69. The summed E-state index contributed by atoms with van der Waals surface area (Å²) in [5.41, 5.74) is 3.14. The topological polar surface area (TPSA) is 3.24 Å². The Morgan fingerprint density at radius 2 is 1.65 bits per heavy atom. The molecule has 2 rings (SSSR count). The van der Waals surface area contributed by atoms with Crippen LogP contribution in [0.4, 0.5) is 5.69 Å². The predicted molar refractivity (Wildman–Crippen MR) is 75.5 cm³/mol. The van der Waals surface area contributed by atoms with Gasteiger partial charge in [-0.2, -0.15) is 0 Å². The molecule has 0 bridgehead atoms. The summed E-state index contributed by atoms with van der Waals surface area (Å²) in [4.78, 5) is 2.54. The van der Waals surface area contributed by atoms with E-state index < -0.39 is 0 Å². The molecule has 1 aliphatic heterocycles. The Balaban J connectivity index is 2.14. The van der Waals surface area contributed by atoms with Crippen LogP contribution in [0.15, 0.2) is 24.3 Å². The Morgan fingerprint density at radius 1 is 1.06 bits per heavy atom. The zero-order valence-electron chi connectivity index (χ0n) is 11.8. The maximum absolute atomic E-state index is 2.54. The molecule has 0 spiro atoms. The molecule has 0 N–H and O–H groups in total. The van der Waals surface area contributed by atoms with Gasteiger partial charge in [0.05, 0.1) is 0 Å². The standard InChI is InChI=1S/C16H25N/c1-12-6-8-14(9-7-12)17-10-13(2)15(11-17)16(3,4)5/h6-9,13,15H,10-11H2,1-5H3. The first-order valence-electron chi connectivity index (χ1n) is 6.69. The summed E-state index contributed by atoms with van der Waals surface area (Å²) in [6.07, 6.45) is 0. The lowest BCUT2D eigenvalue weighted by Crippen LogP contribution is -2.27. The largest absolute Gasteiger partial charge is 0.371 e. The number of rotatable bonds is 1. The highest BCUT2D eigenvalue weighted by atomic mass is 15.2. The van der Waals surface area contributed by atoms with Gasteiger partial charge in [-0.05, 0) is 36.3 Å². The molecule has 0 aliphatic carbocycles. The van der Waals surface area contributed by atoms with Crippen LogP contribution in [-0.2, 0) is 0 Å². The number of nitrogens with zero attached hydrogens (tertiary/aromatic N) is 1. The Morgan fingerprint density at radius 3 is 2.12 bits per heavy atom. The molecule has 94 valence electrons. The minimum atomic E-state index is 0.416. The number of aryl methyl sites for hydroxylation is 1. The van der Waals surface area contributed by atoms with Gasteiger partial charge < -0.3 is 4.90 Å². The van der Waals surface area contributed by atoms with Crippen LogP contribution in [0.2, 0.25) is 0 Å². The molecule has 1 aromatic rings. The zero-order chi connectivity index (χ0) is 12.6. The summed E-state index contributed by atoms with van der Waals surface area (Å²) in [6, 6.07) is 8.94. The maximum Gasteiger partial charge on any atom is 0.0366 e. The molecule has 2 unspecified atom stereocenters. The van der Waals surface area contributed by atoms with Crippen molar-refractivity contribution in [1.29, 1.82) is 0 Å². The fourth-order valence-corrected chi connectivity index (χ4v) is 3.06. The lowest BCUT2D eigenvalue weighted by molar-refractivity contribution is 0.214. The Hall–Kier alpha value is -0.980. The molecular weight excluding hydrogens is 206 g/mol. The lowest BCUT2D eigenvalue weighted by Gasteiger charge is -2.30. The third-order valence-electron chi connectivity index (χ3n) is 4.12. The number of benzene rings is 1. The Labute approximate surface area is 106 Å². The van der Waals surface area contributed by atoms with Crippen molar-refractivity contribution in [3.8, 4) is 0 Å². The fourth-order valence-electron chi connectivity index (χ4n) is 3.06. The minimum Gasteiger partial charge on any atom is -0.371 e. The molecule has 0 aromatic heterocycles. The molecule has 0 amide bonds. The molecule has 1 aromatic carbocycles. The Kier molecular flexibility index (Phi) is 3.20. The van der Waals surface area contributed by atoms with E-state index in [9.17, 15) is 0 Å². The average molecular weight is 231 g/mol. The van der Waals surface area contributed by atoms with Crippen LogP contribution < -0.4 is 4.90 Å². The fraction of sp³-hybridized carbons (Fsp3) is 0.625. The van der Waals surface area contributed by atoms with Crippen LogP contribution in [-0.4, -0.2) is 13.1 Å². The van der Waals surface area contributed by atoms with Crippen LogP contribution in [0.5, 0.6) is 0 Å². The first-order chi connectivity index (χ1) is 7.88. The van der Waals surface area contributed by atoms with Crippen molar-refractivity contribution in [2.75, 3.05) is 18.0 Å². The second-order valence-corrected chi connectivity index (χ2v) is 6.69. The molecule has 1 heterocycles. The molecular formula is C16H25N. The van der Waals surface area contributed by atoms with Gasteiger partial charge in [0.2, 0.25) is 0 Å². The van der Waals surface area contributed by atoms with Crippen molar-refractivity contribution >= 4 is 5.69 Å². The summed E-state index contributed by atoms with van der Waals surface area (Å²) < 4.78 is 0. The third kappa shape index (κ3) is 2.65. The number of anilines is 1. The first kappa shape index (κ1) is 12.5. The van der Waals surface area contributed by atoms with Gasteiger partial charge in [-0.15, -0.1) is 0 Å². The minimum absolute atomic E-state index is 0.416. The second kappa shape index (κ2) is 4.36. The van der Waals surface area contributed by atoms with Crippen molar-refractivity contribution in [3.63, 3.8) is 0 Å². The molecule has 2 atom stereocenters. The van der Waals surface area contributed by atoms with Crippen molar-refractivity contribution in [2.24, 2.45) is 17.3 Å². The summed E-state index contributed by atoms with van der Waals surface area (Å²) >= 11 is 0. The van der Waals surface area contributed by atoms with E-state index in [1.165, 1.54) is 24.3 Å². The van der Waals surface area contributed by atoms with Gasteiger partial charge >= 0.3 is 0 Å². The van der Waals surface area contributed by atoms with Crippen molar-refractivity contribution in [2.45, 2.75) is 34.6 Å². The summed E-state index contributed by atoms with van der Waals surface area (Å²) in [5, 5.41) is 0. The van der Waals surface area contributed by atoms with Gasteiger partial charge in [-0.1, -0.05) is 45.4 Å². The van der Waals surface area contributed by atoms with E-state index in [2.05, 4.69) is 63.8 Å². The smallest absolute Gasteiger partial charge is 0.0366 e. The molecule has 1 fully saturated rings. The maximum atomic E-state index is 2.54. The van der Waals surface area contributed by atoms with E-state index in [1.54, 1.807) is 0 Å². The summed E-state index contributed by atoms with van der Waals surface area (Å²) in [7, 11) is 0. The predicted octanol–water partition coefficient (Wildman–Crippen LogP) is 4.11. The number of hydrogen-bond acceptors (Lipinski definition) is 1. The molecule has 0 radical (unpaired) electrons. The quantitative estimate of drug-likeness (QED) is 0.703. The van der Waals surface area contributed by atoms with Crippen molar-refractivity contribution in [3.05, 3.63) is 29.8 Å². The normalized spacial score (nSPS) is 25.4. The van der Waals surface area contributed by atoms with E-state index in [0.29, 0.717) is 5.41 Å². The molecule has 1 heteroatoms. The van der Waals surface area contributed by atoms with E-state index in [-0.39, 0.29) is 0 Å². The summed E-state index contributed by atoms with van der Waals surface area (Å²) in [6.45, 7) is 14.0. The van der Waals surface area contributed by atoms with Crippen molar-refractivity contribution in [1.82, 2.24) is 0 Å². The Bertz CT molecular complexity index is 372. The van der Waals surface area contributed by atoms with Crippen LogP contribution >= 0.6 is 0 Å². The van der Waals surface area contributed by atoms with Crippen LogP contribution in [0.1, 0.15) is 33.3 Å². The highest BCUT2D eigenvalue weighted by Gasteiger charge is 2.37. The molecule has 17 heavy (non-hydrogen) atoms. The average Bonchev–Trinajstić information content (AvgIpc) is 2.61.